The van der Waals surface area contributed by atoms with Crippen LogP contribution in [0.15, 0.2) is 60.8 Å². The number of amides is 5. The van der Waals surface area contributed by atoms with Crippen molar-refractivity contribution in [1.29, 1.82) is 0 Å². The minimum atomic E-state index is -0.683. The number of benzene rings is 3. The zero-order valence-electron chi connectivity index (χ0n) is 34.1. The number of rotatable bonds is 9. The maximum Gasteiger partial charge on any atom is 0.255 e. The third-order valence-electron chi connectivity index (χ3n) is 12.6. The fraction of sp³-hybridized carbons (Fsp3) is 0.378. The van der Waals surface area contributed by atoms with Crippen LogP contribution in [0.25, 0.3) is 11.0 Å². The van der Waals surface area contributed by atoms with E-state index in [2.05, 4.69) is 59.0 Å². The summed E-state index contributed by atoms with van der Waals surface area (Å²) in [7, 11) is 1.87. The minimum absolute atomic E-state index is 0.0257. The number of likely N-dealkylation sites (tertiary alicyclic amines) is 1. The van der Waals surface area contributed by atoms with Gasteiger partial charge in [-0.2, -0.15) is 10.1 Å². The van der Waals surface area contributed by atoms with Crippen molar-refractivity contribution >= 4 is 63.7 Å². The van der Waals surface area contributed by atoms with Gasteiger partial charge in [-0.1, -0.05) is 36.4 Å². The number of anilines is 4. The lowest BCUT2D eigenvalue weighted by atomic mass is 9.92. The second kappa shape index (κ2) is 15.8. The van der Waals surface area contributed by atoms with Crippen LogP contribution in [-0.4, -0.2) is 89.7 Å². The molecule has 0 radical (unpaired) electrons. The number of para-hydroxylation sites is 1. The van der Waals surface area contributed by atoms with Crippen LogP contribution in [0, 0.1) is 19.8 Å². The molecule has 15 heteroatoms. The predicted octanol–water partition coefficient (Wildman–Crippen LogP) is 4.98. The van der Waals surface area contributed by atoms with E-state index >= 15 is 0 Å². The Morgan fingerprint density at radius 1 is 0.867 bits per heavy atom. The summed E-state index contributed by atoms with van der Waals surface area (Å²) in [5.41, 5.74) is 9.40. The molecular formula is C45H48N10O5. The van der Waals surface area contributed by atoms with Gasteiger partial charge in [0.1, 0.15) is 6.04 Å². The van der Waals surface area contributed by atoms with Crippen LogP contribution >= 0.6 is 0 Å². The third-order valence-corrected chi connectivity index (χ3v) is 12.6. The number of aromatic nitrogens is 4. The van der Waals surface area contributed by atoms with Gasteiger partial charge in [0, 0.05) is 81.7 Å². The number of aryl methyl sites for hydroxylation is 4. The molecule has 308 valence electrons. The molecule has 60 heavy (non-hydrogen) atoms. The van der Waals surface area contributed by atoms with Crippen LogP contribution in [0.3, 0.4) is 0 Å². The highest BCUT2D eigenvalue weighted by Gasteiger charge is 2.40. The lowest BCUT2D eigenvalue weighted by Crippen LogP contribution is -2.52. The Hall–Kier alpha value is -6.64. The Balaban J connectivity index is 0.782. The lowest BCUT2D eigenvalue weighted by Gasteiger charge is -2.36. The summed E-state index contributed by atoms with van der Waals surface area (Å²) in [6.45, 7) is 6.62. The Kier molecular flexibility index (Phi) is 10.3. The maximum atomic E-state index is 13.8. The van der Waals surface area contributed by atoms with E-state index in [1.165, 1.54) is 10.5 Å². The summed E-state index contributed by atoms with van der Waals surface area (Å²) in [5, 5.41) is 14.7. The fourth-order valence-electron chi connectivity index (χ4n) is 9.19. The second-order valence-corrected chi connectivity index (χ2v) is 16.4. The second-order valence-electron chi connectivity index (χ2n) is 16.4. The topological polar surface area (TPSA) is 175 Å². The third kappa shape index (κ3) is 7.44. The van der Waals surface area contributed by atoms with Crippen LogP contribution in [-0.2, 0) is 52.2 Å². The highest BCUT2D eigenvalue weighted by Crippen LogP contribution is 2.33. The van der Waals surface area contributed by atoms with Crippen molar-refractivity contribution in [3.8, 4) is 0 Å². The first-order valence-electron chi connectivity index (χ1n) is 20.7. The van der Waals surface area contributed by atoms with E-state index in [0.717, 1.165) is 51.0 Å². The molecule has 0 bridgehead atoms. The van der Waals surface area contributed by atoms with Crippen molar-refractivity contribution in [2.75, 3.05) is 30.3 Å². The van der Waals surface area contributed by atoms with Crippen LogP contribution < -0.4 is 16.0 Å². The molecule has 2 aromatic heterocycles. The summed E-state index contributed by atoms with van der Waals surface area (Å²) in [6, 6.07) is 17.2. The van der Waals surface area contributed by atoms with Crippen LogP contribution in [0.5, 0.6) is 0 Å². The fourth-order valence-corrected chi connectivity index (χ4v) is 9.19. The van der Waals surface area contributed by atoms with Crippen molar-refractivity contribution < 1.29 is 24.0 Å². The number of hydrogen-bond acceptors (Lipinski definition) is 10. The monoisotopic (exact) mass is 808 g/mol. The maximum absolute atomic E-state index is 13.8. The highest BCUT2D eigenvalue weighted by atomic mass is 16.2. The largest absolute Gasteiger partial charge is 0.343 e. The van der Waals surface area contributed by atoms with E-state index in [1.807, 2.05) is 41.1 Å². The predicted molar refractivity (Wildman–Crippen MR) is 224 cm³/mol. The van der Waals surface area contributed by atoms with Crippen molar-refractivity contribution in [2.24, 2.45) is 13.0 Å². The first-order chi connectivity index (χ1) is 29.0. The molecule has 9 rings (SSSR count). The van der Waals surface area contributed by atoms with Gasteiger partial charge in [0.05, 0.1) is 5.39 Å². The number of nitrogens with one attached hydrogen (secondary N) is 3. The Labute approximate surface area is 347 Å². The smallest absolute Gasteiger partial charge is 0.255 e. The van der Waals surface area contributed by atoms with Crippen LogP contribution in [0.4, 0.5) is 23.1 Å². The standard InChI is InChI=1S/C45H48N10O5/c1-26-6-4-7-27(2)39(26)49-40-34-23-46-45(50-41(34)52(3)51-40)47-32-12-10-28-16-21-54(24-31(28)22-32)43(59)30-17-19-53(20-18-30)38(57)15-11-29-8-5-9-33-35(29)25-55(44(33)60)36-13-14-37(56)48-42(36)58/h4-10,12,22-23,30,36H,11,13-21,24-25H2,1-3H3,(H,49,51)(H,46,47,50)(H,48,56,58). The van der Waals surface area contributed by atoms with E-state index < -0.39 is 11.9 Å². The molecule has 6 heterocycles. The number of imide groups is 1. The highest BCUT2D eigenvalue weighted by molar-refractivity contribution is 6.05. The molecule has 2 saturated heterocycles. The van der Waals surface area contributed by atoms with Crippen LogP contribution in [0.2, 0.25) is 0 Å². The zero-order chi connectivity index (χ0) is 41.7. The summed E-state index contributed by atoms with van der Waals surface area (Å²) in [5.74, 6) is 0.169. The van der Waals surface area contributed by atoms with Crippen LogP contribution in [0.1, 0.15) is 75.8 Å². The number of hydrogen-bond donors (Lipinski definition) is 3. The molecule has 0 spiro atoms. The summed E-state index contributed by atoms with van der Waals surface area (Å²) < 4.78 is 1.75. The van der Waals surface area contributed by atoms with Gasteiger partial charge in [-0.15, -0.1) is 0 Å². The molecule has 4 aliphatic rings. The SMILES string of the molecule is Cc1cccc(C)c1Nc1nn(C)c2nc(Nc3ccc4c(c3)CN(C(=O)C3CCN(C(=O)CCc5cccc6c5CN(C5CCC(=O)NC5=O)C6=O)CC3)CC4)ncc12. The zero-order valence-corrected chi connectivity index (χ0v) is 34.1. The first kappa shape index (κ1) is 38.9. The van der Waals surface area contributed by atoms with E-state index in [4.69, 9.17) is 10.1 Å². The molecule has 15 nitrogen and oxygen atoms in total. The molecule has 0 aliphatic carbocycles. The van der Waals surface area contributed by atoms with Crippen molar-refractivity contribution in [3.05, 3.63) is 99.7 Å². The molecule has 4 aliphatic heterocycles. The summed E-state index contributed by atoms with van der Waals surface area (Å²) >= 11 is 0. The van der Waals surface area contributed by atoms with E-state index in [1.54, 1.807) is 16.9 Å². The average Bonchev–Trinajstić information content (AvgIpc) is 3.75. The molecule has 0 saturated carbocycles. The van der Waals surface area contributed by atoms with Crippen molar-refractivity contribution in [2.45, 2.75) is 77.9 Å². The van der Waals surface area contributed by atoms with Gasteiger partial charge in [0.25, 0.3) is 5.91 Å². The minimum Gasteiger partial charge on any atom is -0.343 e. The van der Waals surface area contributed by atoms with E-state index in [-0.39, 0.29) is 48.9 Å². The Bertz CT molecular complexity index is 2560. The van der Waals surface area contributed by atoms with Gasteiger partial charge < -0.3 is 25.3 Å². The number of nitrogens with zero attached hydrogens (tertiary/aromatic N) is 7. The normalized spacial score (nSPS) is 18.1. The summed E-state index contributed by atoms with van der Waals surface area (Å²) in [4.78, 5) is 79.4. The lowest BCUT2D eigenvalue weighted by molar-refractivity contribution is -0.141. The number of piperidine rings is 2. The van der Waals surface area contributed by atoms with Gasteiger partial charge in [-0.25, -0.2) is 9.67 Å². The molecule has 2 fully saturated rings. The Morgan fingerprint density at radius 2 is 1.65 bits per heavy atom. The molecule has 5 aromatic rings. The number of fused-ring (bicyclic) bond motifs is 3. The summed E-state index contributed by atoms with van der Waals surface area (Å²) in [6.07, 6.45) is 5.03. The van der Waals surface area contributed by atoms with Gasteiger partial charge in [0.15, 0.2) is 11.5 Å². The van der Waals surface area contributed by atoms with Gasteiger partial charge in [-0.3, -0.25) is 29.3 Å². The first-order valence-corrected chi connectivity index (χ1v) is 20.7. The number of carbonyl (C=O) groups is 5. The Morgan fingerprint density at radius 3 is 2.43 bits per heavy atom. The molecule has 1 atom stereocenters. The molecule has 3 N–H and O–H groups in total. The molecule has 3 aromatic carbocycles. The van der Waals surface area contributed by atoms with Gasteiger partial charge >= 0.3 is 0 Å². The van der Waals surface area contributed by atoms with Gasteiger partial charge in [-0.05, 0) is 97.5 Å². The average molecular weight is 809 g/mol. The quantitative estimate of drug-likeness (QED) is 0.172. The number of carbonyl (C=O) groups excluding carboxylic acids is 5. The van der Waals surface area contributed by atoms with Crippen molar-refractivity contribution in [3.63, 3.8) is 0 Å². The molecular weight excluding hydrogens is 761 g/mol. The van der Waals surface area contributed by atoms with Gasteiger partial charge in [0.2, 0.25) is 29.6 Å². The van der Waals surface area contributed by atoms with E-state index in [9.17, 15) is 24.0 Å². The van der Waals surface area contributed by atoms with E-state index in [0.29, 0.717) is 74.8 Å². The molecule has 5 amide bonds. The van der Waals surface area contributed by atoms with Crippen molar-refractivity contribution in [1.82, 2.24) is 39.8 Å². The molecule has 1 unspecified atom stereocenters.